The third kappa shape index (κ3) is 1.98. The van der Waals surface area contributed by atoms with Crippen LogP contribution in [0.3, 0.4) is 0 Å². The van der Waals surface area contributed by atoms with Crippen molar-refractivity contribution < 1.29 is 13.2 Å². The predicted molar refractivity (Wildman–Crippen MR) is 41.6 cm³/mol. The van der Waals surface area contributed by atoms with Gasteiger partial charge in [-0.2, -0.15) is 5.26 Å². The van der Waals surface area contributed by atoms with Gasteiger partial charge in [-0.05, 0) is 22.0 Å². The van der Waals surface area contributed by atoms with Crippen LogP contribution in [0.1, 0.15) is 17.7 Å². The standard InChI is InChI=1S/C7H2BrF3N2/c8-6-4(9)1-3(7(10)11)5(2-12)13-6/h1,7H. The third-order valence-corrected chi connectivity index (χ3v) is 1.86. The Hall–Kier alpha value is -1.09. The lowest BCUT2D eigenvalue weighted by Gasteiger charge is -2.02. The van der Waals surface area contributed by atoms with Gasteiger partial charge in [-0.25, -0.2) is 18.2 Å². The number of hydrogen-bond acceptors (Lipinski definition) is 2. The van der Waals surface area contributed by atoms with E-state index in [1.54, 1.807) is 0 Å². The van der Waals surface area contributed by atoms with Gasteiger partial charge in [0, 0.05) is 0 Å². The molecule has 0 atom stereocenters. The highest BCUT2D eigenvalue weighted by molar-refractivity contribution is 9.10. The van der Waals surface area contributed by atoms with E-state index in [0.29, 0.717) is 6.07 Å². The molecule has 0 saturated heterocycles. The minimum absolute atomic E-state index is 0.242. The number of nitriles is 1. The van der Waals surface area contributed by atoms with Gasteiger partial charge in [-0.3, -0.25) is 0 Å². The van der Waals surface area contributed by atoms with E-state index < -0.39 is 23.5 Å². The lowest BCUT2D eigenvalue weighted by Crippen LogP contribution is -1.97. The van der Waals surface area contributed by atoms with Crippen LogP contribution in [-0.4, -0.2) is 4.98 Å². The van der Waals surface area contributed by atoms with Crippen molar-refractivity contribution in [3.63, 3.8) is 0 Å². The maximum absolute atomic E-state index is 12.7. The second-order valence-corrected chi connectivity index (χ2v) is 2.86. The normalized spacial score (nSPS) is 10.2. The number of alkyl halides is 2. The molecule has 0 aliphatic carbocycles. The fraction of sp³-hybridized carbons (Fsp3) is 0.143. The van der Waals surface area contributed by atoms with Crippen LogP contribution in [0.5, 0.6) is 0 Å². The topological polar surface area (TPSA) is 36.7 Å². The van der Waals surface area contributed by atoms with Gasteiger partial charge in [0.1, 0.15) is 10.7 Å². The zero-order valence-corrected chi connectivity index (χ0v) is 7.65. The summed E-state index contributed by atoms with van der Waals surface area (Å²) in [7, 11) is 0. The summed E-state index contributed by atoms with van der Waals surface area (Å²) in [6.45, 7) is 0. The maximum atomic E-state index is 12.7. The average Bonchev–Trinajstić information content (AvgIpc) is 2.08. The van der Waals surface area contributed by atoms with Crippen LogP contribution < -0.4 is 0 Å². The summed E-state index contributed by atoms with van der Waals surface area (Å²) in [4.78, 5) is 3.31. The molecule has 0 aliphatic rings. The molecule has 0 saturated carbocycles. The predicted octanol–water partition coefficient (Wildman–Crippen LogP) is 2.79. The Labute approximate surface area is 80.1 Å². The van der Waals surface area contributed by atoms with Gasteiger partial charge in [-0.15, -0.1) is 0 Å². The molecule has 1 aromatic heterocycles. The Bertz CT molecular complexity index is 373. The molecule has 0 fully saturated rings. The minimum Gasteiger partial charge on any atom is -0.227 e. The number of aromatic nitrogens is 1. The van der Waals surface area contributed by atoms with E-state index in [2.05, 4.69) is 20.9 Å². The Morgan fingerprint density at radius 3 is 2.62 bits per heavy atom. The van der Waals surface area contributed by atoms with Crippen molar-refractivity contribution in [1.82, 2.24) is 4.98 Å². The molecular formula is C7H2BrF3N2. The highest BCUT2D eigenvalue weighted by Crippen LogP contribution is 2.24. The average molecular weight is 251 g/mol. The number of rotatable bonds is 1. The molecule has 0 amide bonds. The van der Waals surface area contributed by atoms with E-state index in [4.69, 9.17) is 5.26 Å². The van der Waals surface area contributed by atoms with Gasteiger partial charge in [0.05, 0.1) is 5.56 Å². The molecule has 1 aromatic rings. The maximum Gasteiger partial charge on any atom is 0.266 e. The van der Waals surface area contributed by atoms with Crippen LogP contribution in [0.15, 0.2) is 10.7 Å². The van der Waals surface area contributed by atoms with E-state index in [0.717, 1.165) is 0 Å². The minimum atomic E-state index is -2.90. The second kappa shape index (κ2) is 3.75. The molecule has 6 heteroatoms. The monoisotopic (exact) mass is 250 g/mol. The molecule has 68 valence electrons. The van der Waals surface area contributed by atoms with Crippen molar-refractivity contribution in [2.75, 3.05) is 0 Å². The van der Waals surface area contributed by atoms with Crippen LogP contribution in [-0.2, 0) is 0 Å². The van der Waals surface area contributed by atoms with Crippen LogP contribution in [0.25, 0.3) is 0 Å². The Balaban J connectivity index is 3.35. The van der Waals surface area contributed by atoms with E-state index in [1.807, 2.05) is 0 Å². The lowest BCUT2D eigenvalue weighted by molar-refractivity contribution is 0.150. The summed E-state index contributed by atoms with van der Waals surface area (Å²) in [6, 6.07) is 2.05. The van der Waals surface area contributed by atoms with E-state index in [9.17, 15) is 13.2 Å². The molecule has 1 rings (SSSR count). The van der Waals surface area contributed by atoms with Crippen molar-refractivity contribution in [2.45, 2.75) is 6.43 Å². The van der Waals surface area contributed by atoms with Crippen molar-refractivity contribution >= 4 is 15.9 Å². The molecule has 0 spiro atoms. The van der Waals surface area contributed by atoms with Crippen molar-refractivity contribution in [3.8, 4) is 6.07 Å². The molecule has 0 N–H and O–H groups in total. The number of nitrogens with zero attached hydrogens (tertiary/aromatic N) is 2. The molecule has 0 aliphatic heterocycles. The highest BCUT2D eigenvalue weighted by atomic mass is 79.9. The fourth-order valence-electron chi connectivity index (χ4n) is 0.736. The van der Waals surface area contributed by atoms with Crippen LogP contribution in [0, 0.1) is 17.1 Å². The highest BCUT2D eigenvalue weighted by Gasteiger charge is 2.17. The van der Waals surface area contributed by atoms with Gasteiger partial charge in [0.15, 0.2) is 11.5 Å². The fourth-order valence-corrected chi connectivity index (χ4v) is 1.03. The summed E-state index contributed by atoms with van der Waals surface area (Å²) in [5.41, 5.74) is -1.16. The Morgan fingerprint density at radius 2 is 2.15 bits per heavy atom. The quantitative estimate of drug-likeness (QED) is 0.719. The van der Waals surface area contributed by atoms with Crippen molar-refractivity contribution in [2.24, 2.45) is 0 Å². The Morgan fingerprint density at radius 1 is 1.54 bits per heavy atom. The SMILES string of the molecule is N#Cc1nc(Br)c(F)cc1C(F)F. The summed E-state index contributed by atoms with van der Waals surface area (Å²) >= 11 is 2.69. The van der Waals surface area contributed by atoms with Crippen LogP contribution in [0.2, 0.25) is 0 Å². The molecule has 13 heavy (non-hydrogen) atoms. The van der Waals surface area contributed by atoms with Crippen molar-refractivity contribution in [1.29, 1.82) is 5.26 Å². The van der Waals surface area contributed by atoms with Gasteiger partial charge in [0.25, 0.3) is 6.43 Å². The van der Waals surface area contributed by atoms with E-state index >= 15 is 0 Å². The second-order valence-electron chi connectivity index (χ2n) is 2.11. The summed E-state index contributed by atoms with van der Waals surface area (Å²) < 4.78 is 36.8. The van der Waals surface area contributed by atoms with E-state index in [-0.39, 0.29) is 4.60 Å². The van der Waals surface area contributed by atoms with E-state index in [1.165, 1.54) is 6.07 Å². The summed E-state index contributed by atoms with van der Waals surface area (Å²) in [5, 5.41) is 8.39. The molecule has 1 heterocycles. The van der Waals surface area contributed by atoms with Gasteiger partial charge >= 0.3 is 0 Å². The third-order valence-electron chi connectivity index (χ3n) is 1.30. The lowest BCUT2D eigenvalue weighted by atomic mass is 10.2. The smallest absolute Gasteiger partial charge is 0.227 e. The first kappa shape index (κ1) is 9.99. The molecule has 0 bridgehead atoms. The zero-order valence-electron chi connectivity index (χ0n) is 6.06. The molecule has 0 aromatic carbocycles. The van der Waals surface area contributed by atoms with Crippen LogP contribution in [0.4, 0.5) is 13.2 Å². The molecule has 0 unspecified atom stereocenters. The summed E-state index contributed by atoms with van der Waals surface area (Å²) in [6.07, 6.45) is -2.90. The summed E-state index contributed by atoms with van der Waals surface area (Å²) in [5.74, 6) is -0.908. The van der Waals surface area contributed by atoms with Gasteiger partial charge in [-0.1, -0.05) is 0 Å². The number of hydrogen-bond donors (Lipinski definition) is 0. The zero-order chi connectivity index (χ0) is 10.0. The molecule has 2 nitrogen and oxygen atoms in total. The first-order chi connectivity index (χ1) is 6.06. The van der Waals surface area contributed by atoms with Gasteiger partial charge in [0.2, 0.25) is 0 Å². The van der Waals surface area contributed by atoms with Crippen molar-refractivity contribution in [3.05, 3.63) is 27.7 Å². The van der Waals surface area contributed by atoms with Crippen LogP contribution >= 0.6 is 15.9 Å². The van der Waals surface area contributed by atoms with Gasteiger partial charge < -0.3 is 0 Å². The first-order valence-corrected chi connectivity index (χ1v) is 3.89. The Kier molecular flexibility index (Phi) is 2.88. The molecule has 0 radical (unpaired) electrons. The number of pyridine rings is 1. The molecular weight excluding hydrogens is 249 g/mol. The largest absolute Gasteiger partial charge is 0.266 e. The number of halogens is 4. The first-order valence-electron chi connectivity index (χ1n) is 3.10.